The molecule has 0 spiro atoms. The van der Waals surface area contributed by atoms with Crippen LogP contribution in [0.1, 0.15) is 36.5 Å². The molecule has 1 aliphatic carbocycles. The Balaban J connectivity index is 1.30. The van der Waals surface area contributed by atoms with Crippen LogP contribution in [-0.2, 0) is 9.59 Å². The first-order valence-electron chi connectivity index (χ1n) is 10.5. The van der Waals surface area contributed by atoms with Crippen molar-refractivity contribution in [3.05, 3.63) is 53.2 Å². The van der Waals surface area contributed by atoms with Crippen molar-refractivity contribution in [1.29, 1.82) is 0 Å². The number of carbonyl (C=O) groups is 3. The lowest BCUT2D eigenvalue weighted by Gasteiger charge is -2.31. The molecule has 162 valence electrons. The molecule has 8 heteroatoms. The molecule has 0 radical (unpaired) electrons. The summed E-state index contributed by atoms with van der Waals surface area (Å²) in [7, 11) is 0. The first-order valence-corrected chi connectivity index (χ1v) is 10.9. The van der Waals surface area contributed by atoms with E-state index in [2.05, 4.69) is 22.5 Å². The van der Waals surface area contributed by atoms with Crippen LogP contribution < -0.4 is 10.6 Å². The zero-order chi connectivity index (χ0) is 22.0. The molecule has 2 aliphatic rings. The number of nitrogens with one attached hydrogen (secondary N) is 2. The lowest BCUT2D eigenvalue weighted by Crippen LogP contribution is -2.41. The Morgan fingerprint density at radius 3 is 2.45 bits per heavy atom. The Morgan fingerprint density at radius 2 is 1.81 bits per heavy atom. The van der Waals surface area contributed by atoms with Gasteiger partial charge in [0.1, 0.15) is 5.82 Å². The fraction of sp³-hybridized carbons (Fsp3) is 0.391. The molecule has 4 rings (SSSR count). The molecular weight excluding hydrogens is 416 g/mol. The third-order valence-corrected chi connectivity index (χ3v) is 6.18. The van der Waals surface area contributed by atoms with Gasteiger partial charge in [0.05, 0.1) is 5.02 Å². The van der Waals surface area contributed by atoms with Gasteiger partial charge in [-0.2, -0.15) is 0 Å². The Kier molecular flexibility index (Phi) is 6.23. The number of rotatable bonds is 5. The minimum absolute atomic E-state index is 0.0131. The van der Waals surface area contributed by atoms with E-state index in [4.69, 9.17) is 11.6 Å². The summed E-state index contributed by atoms with van der Waals surface area (Å²) in [5, 5.41) is 6.22. The number of hydrogen-bond acceptors (Lipinski definition) is 4. The van der Waals surface area contributed by atoms with Crippen LogP contribution >= 0.6 is 11.6 Å². The Morgan fingerprint density at radius 1 is 1.06 bits per heavy atom. The smallest absolute Gasteiger partial charge is 0.253 e. The summed E-state index contributed by atoms with van der Waals surface area (Å²) in [4.78, 5) is 43.4. The van der Waals surface area contributed by atoms with E-state index in [-0.39, 0.29) is 29.6 Å². The number of hydrogen-bond donors (Lipinski definition) is 2. The highest BCUT2D eigenvalue weighted by molar-refractivity contribution is 6.30. The van der Waals surface area contributed by atoms with Gasteiger partial charge < -0.3 is 15.5 Å². The van der Waals surface area contributed by atoms with Crippen molar-refractivity contribution in [2.24, 2.45) is 17.8 Å². The summed E-state index contributed by atoms with van der Waals surface area (Å²) in [6.07, 6.45) is 3.57. The van der Waals surface area contributed by atoms with E-state index >= 15 is 0 Å². The molecule has 1 aromatic heterocycles. The molecule has 1 aliphatic heterocycles. The van der Waals surface area contributed by atoms with Crippen molar-refractivity contribution in [3.63, 3.8) is 0 Å². The third-order valence-electron chi connectivity index (χ3n) is 5.95. The van der Waals surface area contributed by atoms with Crippen LogP contribution in [0, 0.1) is 17.8 Å². The molecule has 2 atom stereocenters. The quantitative estimate of drug-likeness (QED) is 0.739. The number of likely N-dealkylation sites (tertiary alicyclic amines) is 1. The first kappa shape index (κ1) is 21.3. The normalized spacial score (nSPS) is 20.8. The van der Waals surface area contributed by atoms with E-state index in [1.54, 1.807) is 41.3 Å². The number of anilines is 2. The molecule has 2 aromatic rings. The van der Waals surface area contributed by atoms with Crippen molar-refractivity contribution in [2.45, 2.75) is 26.2 Å². The van der Waals surface area contributed by atoms with Gasteiger partial charge >= 0.3 is 0 Å². The lowest BCUT2D eigenvalue weighted by atomic mass is 9.95. The molecule has 1 saturated heterocycles. The van der Waals surface area contributed by atoms with Gasteiger partial charge in [-0.3, -0.25) is 14.4 Å². The van der Waals surface area contributed by atoms with Crippen LogP contribution in [0.2, 0.25) is 5.02 Å². The Hall–Kier alpha value is -2.93. The Labute approximate surface area is 186 Å². The average Bonchev–Trinajstić information content (AvgIpc) is 3.52. The van der Waals surface area contributed by atoms with E-state index in [9.17, 15) is 14.4 Å². The van der Waals surface area contributed by atoms with Crippen LogP contribution in [0.3, 0.4) is 0 Å². The molecule has 1 aromatic carbocycles. The minimum atomic E-state index is -0.173. The number of halogens is 1. The second kappa shape index (κ2) is 9.06. The summed E-state index contributed by atoms with van der Waals surface area (Å²) < 4.78 is 0. The summed E-state index contributed by atoms with van der Waals surface area (Å²) in [6, 6.07) is 10.4. The van der Waals surface area contributed by atoms with Crippen molar-refractivity contribution in [3.8, 4) is 0 Å². The maximum atomic E-state index is 12.9. The number of piperidine rings is 1. The highest BCUT2D eigenvalue weighted by atomic mass is 35.5. The van der Waals surface area contributed by atoms with Gasteiger partial charge in [-0.1, -0.05) is 24.6 Å². The van der Waals surface area contributed by atoms with Crippen LogP contribution in [0.4, 0.5) is 11.5 Å². The van der Waals surface area contributed by atoms with E-state index in [1.807, 2.05) is 0 Å². The summed E-state index contributed by atoms with van der Waals surface area (Å²) in [5.41, 5.74) is 1.18. The average molecular weight is 441 g/mol. The zero-order valence-electron chi connectivity index (χ0n) is 17.3. The predicted octanol–water partition coefficient (Wildman–Crippen LogP) is 3.82. The van der Waals surface area contributed by atoms with Crippen LogP contribution in [-0.4, -0.2) is 40.7 Å². The Bertz CT molecular complexity index is 987. The molecule has 2 fully saturated rings. The van der Waals surface area contributed by atoms with Gasteiger partial charge in [0, 0.05) is 42.4 Å². The third kappa shape index (κ3) is 5.22. The standard InChI is InChI=1S/C23H25ClN4O3/c1-14-11-19(14)22(30)26-18-4-2-3-16(12-18)23(31)28-9-7-15(8-10-28)21(29)27-20-6-5-17(24)13-25-20/h2-6,12-15,19H,7-11H2,1H3,(H,26,30)(H,25,27,29). The largest absolute Gasteiger partial charge is 0.339 e. The lowest BCUT2D eigenvalue weighted by molar-refractivity contribution is -0.121. The fourth-order valence-electron chi connectivity index (χ4n) is 3.86. The van der Waals surface area contributed by atoms with Gasteiger partial charge in [-0.05, 0) is 55.5 Å². The molecular formula is C23H25ClN4O3. The minimum Gasteiger partial charge on any atom is -0.339 e. The molecule has 3 amide bonds. The highest BCUT2D eigenvalue weighted by Gasteiger charge is 2.39. The molecule has 1 saturated carbocycles. The van der Waals surface area contributed by atoms with Crippen LogP contribution in [0.15, 0.2) is 42.6 Å². The number of nitrogens with zero attached hydrogens (tertiary/aromatic N) is 2. The molecule has 7 nitrogen and oxygen atoms in total. The van der Waals surface area contributed by atoms with Crippen molar-refractivity contribution >= 4 is 40.8 Å². The van der Waals surface area contributed by atoms with E-state index in [1.165, 1.54) is 6.20 Å². The molecule has 31 heavy (non-hydrogen) atoms. The van der Waals surface area contributed by atoms with Crippen molar-refractivity contribution in [1.82, 2.24) is 9.88 Å². The van der Waals surface area contributed by atoms with Gasteiger partial charge in [-0.25, -0.2) is 4.98 Å². The van der Waals surface area contributed by atoms with Gasteiger partial charge in [-0.15, -0.1) is 0 Å². The molecule has 2 unspecified atom stereocenters. The second-order valence-electron chi connectivity index (χ2n) is 8.31. The maximum Gasteiger partial charge on any atom is 0.253 e. The number of pyridine rings is 1. The number of aromatic nitrogens is 1. The summed E-state index contributed by atoms with van der Waals surface area (Å²) in [6.45, 7) is 3.06. The van der Waals surface area contributed by atoms with E-state index in [0.717, 1.165) is 6.42 Å². The van der Waals surface area contributed by atoms with Crippen molar-refractivity contribution < 1.29 is 14.4 Å². The van der Waals surface area contributed by atoms with E-state index in [0.29, 0.717) is 53.9 Å². The van der Waals surface area contributed by atoms with Crippen molar-refractivity contribution in [2.75, 3.05) is 23.7 Å². The first-order chi connectivity index (χ1) is 14.9. The summed E-state index contributed by atoms with van der Waals surface area (Å²) >= 11 is 5.82. The fourth-order valence-corrected chi connectivity index (χ4v) is 3.97. The number of benzene rings is 1. The van der Waals surface area contributed by atoms with Gasteiger partial charge in [0.15, 0.2) is 0 Å². The molecule has 0 bridgehead atoms. The zero-order valence-corrected chi connectivity index (χ0v) is 18.1. The molecule has 2 N–H and O–H groups in total. The summed E-state index contributed by atoms with van der Waals surface area (Å²) in [5.74, 6) is 0.626. The number of carbonyl (C=O) groups excluding carboxylic acids is 3. The number of amides is 3. The van der Waals surface area contributed by atoms with Crippen LogP contribution in [0.25, 0.3) is 0 Å². The maximum absolute atomic E-state index is 12.9. The van der Waals surface area contributed by atoms with Gasteiger partial charge in [0.2, 0.25) is 11.8 Å². The SMILES string of the molecule is CC1CC1C(=O)Nc1cccc(C(=O)N2CCC(C(=O)Nc3ccc(Cl)cn3)CC2)c1. The second-order valence-corrected chi connectivity index (χ2v) is 8.74. The van der Waals surface area contributed by atoms with Gasteiger partial charge in [0.25, 0.3) is 5.91 Å². The van der Waals surface area contributed by atoms with E-state index < -0.39 is 0 Å². The predicted molar refractivity (Wildman–Crippen MR) is 119 cm³/mol. The monoisotopic (exact) mass is 440 g/mol. The van der Waals surface area contributed by atoms with Crippen LogP contribution in [0.5, 0.6) is 0 Å². The topological polar surface area (TPSA) is 91.4 Å². The highest BCUT2D eigenvalue weighted by Crippen LogP contribution is 2.38. The molecule has 2 heterocycles.